The predicted octanol–water partition coefficient (Wildman–Crippen LogP) is 1.56. The van der Waals surface area contributed by atoms with Crippen molar-refractivity contribution in [2.45, 2.75) is 31.5 Å². The quantitative estimate of drug-likeness (QED) is 0.430. The molecule has 2 unspecified atom stereocenters. The van der Waals surface area contributed by atoms with Gasteiger partial charge >= 0.3 is 0 Å². The van der Waals surface area contributed by atoms with Crippen LogP contribution < -0.4 is 5.32 Å². The van der Waals surface area contributed by atoms with E-state index in [4.69, 9.17) is 9.47 Å². The van der Waals surface area contributed by atoms with E-state index in [9.17, 15) is 0 Å². The van der Waals surface area contributed by atoms with E-state index in [0.29, 0.717) is 12.7 Å². The average molecular weight is 449 g/mol. The first-order valence-corrected chi connectivity index (χ1v) is 8.43. The van der Waals surface area contributed by atoms with Crippen LogP contribution in [-0.4, -0.2) is 66.6 Å². The average Bonchev–Trinajstić information content (AvgIpc) is 3.23. The number of morpholine rings is 1. The molecule has 0 aromatic carbocycles. The molecule has 136 valence electrons. The molecular formula is C16H28IN5O2. The maximum absolute atomic E-state index is 5.89. The van der Waals surface area contributed by atoms with Crippen LogP contribution in [0.4, 0.5) is 0 Å². The molecule has 2 saturated heterocycles. The molecule has 2 atom stereocenters. The molecular weight excluding hydrogens is 421 g/mol. The van der Waals surface area contributed by atoms with Crippen LogP contribution >= 0.6 is 24.0 Å². The number of aryl methyl sites for hydroxylation is 1. The van der Waals surface area contributed by atoms with E-state index in [1.807, 2.05) is 31.2 Å². The van der Waals surface area contributed by atoms with Gasteiger partial charge in [-0.1, -0.05) is 0 Å². The second-order valence-corrected chi connectivity index (χ2v) is 6.15. The fraction of sp³-hybridized carbons (Fsp3) is 0.750. The zero-order chi connectivity index (χ0) is 16.1. The molecule has 0 saturated carbocycles. The second-order valence-electron chi connectivity index (χ2n) is 6.15. The highest BCUT2D eigenvalue weighted by Crippen LogP contribution is 2.21. The number of aromatic nitrogens is 2. The van der Waals surface area contributed by atoms with Crippen LogP contribution in [0.15, 0.2) is 17.4 Å². The van der Waals surface area contributed by atoms with Gasteiger partial charge in [0.25, 0.3) is 0 Å². The molecule has 3 rings (SSSR count). The minimum atomic E-state index is 0. The van der Waals surface area contributed by atoms with E-state index in [1.54, 1.807) is 0 Å². The summed E-state index contributed by atoms with van der Waals surface area (Å²) in [6.45, 7) is 4.16. The normalized spacial score (nSPS) is 24.8. The lowest BCUT2D eigenvalue weighted by Crippen LogP contribution is -2.48. The molecule has 3 heterocycles. The van der Waals surface area contributed by atoms with Crippen molar-refractivity contribution >= 4 is 29.9 Å². The molecule has 1 aromatic heterocycles. The van der Waals surface area contributed by atoms with Crippen molar-refractivity contribution in [2.75, 3.05) is 39.9 Å². The SMILES string of the molecule is CN=C(NCCC1CCCO1)N1CCOC(c2cnn(C)c2)C1.I. The van der Waals surface area contributed by atoms with Gasteiger partial charge in [-0.2, -0.15) is 5.10 Å². The highest BCUT2D eigenvalue weighted by Gasteiger charge is 2.25. The Kier molecular flexibility index (Phi) is 7.76. The summed E-state index contributed by atoms with van der Waals surface area (Å²) in [5, 5.41) is 7.70. The Morgan fingerprint density at radius 1 is 1.42 bits per heavy atom. The summed E-state index contributed by atoms with van der Waals surface area (Å²) in [4.78, 5) is 6.68. The molecule has 2 aliphatic heterocycles. The molecule has 8 heteroatoms. The van der Waals surface area contributed by atoms with Gasteiger partial charge in [-0.05, 0) is 19.3 Å². The van der Waals surface area contributed by atoms with Crippen molar-refractivity contribution in [1.82, 2.24) is 20.0 Å². The molecule has 2 aliphatic rings. The molecule has 2 fully saturated rings. The third-order valence-corrected chi connectivity index (χ3v) is 4.45. The van der Waals surface area contributed by atoms with E-state index >= 15 is 0 Å². The van der Waals surface area contributed by atoms with Crippen molar-refractivity contribution in [3.63, 3.8) is 0 Å². The minimum absolute atomic E-state index is 0. The van der Waals surface area contributed by atoms with Gasteiger partial charge in [0.2, 0.25) is 0 Å². The van der Waals surface area contributed by atoms with Gasteiger partial charge in [-0.25, -0.2) is 0 Å². The van der Waals surface area contributed by atoms with Crippen LogP contribution in [-0.2, 0) is 16.5 Å². The first kappa shape index (κ1) is 19.5. The van der Waals surface area contributed by atoms with Crippen LogP contribution in [0.25, 0.3) is 0 Å². The van der Waals surface area contributed by atoms with Crippen molar-refractivity contribution in [2.24, 2.45) is 12.0 Å². The Bertz CT molecular complexity index is 530. The highest BCUT2D eigenvalue weighted by atomic mass is 127. The summed E-state index contributed by atoms with van der Waals surface area (Å²) in [6, 6.07) is 0. The zero-order valence-corrected chi connectivity index (χ0v) is 16.8. The fourth-order valence-corrected chi connectivity index (χ4v) is 3.20. The lowest BCUT2D eigenvalue weighted by molar-refractivity contribution is -0.00809. The highest BCUT2D eigenvalue weighted by molar-refractivity contribution is 14.0. The molecule has 1 N–H and O–H groups in total. The maximum Gasteiger partial charge on any atom is 0.193 e. The number of ether oxygens (including phenoxy) is 2. The standard InChI is InChI=1S/C16H27N5O2.HI/c1-17-16(18-6-5-14-4-3-8-22-14)21-7-9-23-15(12-21)13-10-19-20(2)11-13;/h10-11,14-15H,3-9,12H2,1-2H3,(H,17,18);1H. The smallest absolute Gasteiger partial charge is 0.193 e. The van der Waals surface area contributed by atoms with Gasteiger partial charge in [0.15, 0.2) is 5.96 Å². The van der Waals surface area contributed by atoms with Gasteiger partial charge < -0.3 is 19.7 Å². The largest absolute Gasteiger partial charge is 0.378 e. The van der Waals surface area contributed by atoms with E-state index in [2.05, 4.69) is 20.3 Å². The number of aliphatic imine (C=N–C) groups is 1. The lowest BCUT2D eigenvalue weighted by Gasteiger charge is -2.34. The molecule has 0 aliphatic carbocycles. The molecule has 0 radical (unpaired) electrons. The molecule has 1 aromatic rings. The van der Waals surface area contributed by atoms with Gasteiger partial charge in [-0.3, -0.25) is 9.67 Å². The molecule has 0 amide bonds. The van der Waals surface area contributed by atoms with Gasteiger partial charge in [-0.15, -0.1) is 24.0 Å². The number of hydrogen-bond acceptors (Lipinski definition) is 4. The molecule has 24 heavy (non-hydrogen) atoms. The number of rotatable bonds is 4. The summed E-state index contributed by atoms with van der Waals surface area (Å²) in [5.41, 5.74) is 1.12. The van der Waals surface area contributed by atoms with E-state index in [0.717, 1.165) is 44.2 Å². The van der Waals surface area contributed by atoms with Crippen molar-refractivity contribution in [3.8, 4) is 0 Å². The summed E-state index contributed by atoms with van der Waals surface area (Å²) in [7, 11) is 3.76. The summed E-state index contributed by atoms with van der Waals surface area (Å²) < 4.78 is 13.4. The molecule has 0 bridgehead atoms. The third-order valence-electron chi connectivity index (χ3n) is 4.45. The van der Waals surface area contributed by atoms with E-state index < -0.39 is 0 Å². The van der Waals surface area contributed by atoms with Crippen molar-refractivity contribution in [1.29, 1.82) is 0 Å². The van der Waals surface area contributed by atoms with Gasteiger partial charge in [0.05, 0.1) is 25.5 Å². The first-order chi connectivity index (χ1) is 11.3. The van der Waals surface area contributed by atoms with Crippen LogP contribution in [0.5, 0.6) is 0 Å². The zero-order valence-electron chi connectivity index (χ0n) is 14.5. The Balaban J connectivity index is 0.00000208. The number of guanidine groups is 1. The minimum Gasteiger partial charge on any atom is -0.378 e. The monoisotopic (exact) mass is 449 g/mol. The molecule has 7 nitrogen and oxygen atoms in total. The summed E-state index contributed by atoms with van der Waals surface area (Å²) >= 11 is 0. The Hall–Kier alpha value is -0.870. The Morgan fingerprint density at radius 3 is 2.96 bits per heavy atom. The van der Waals surface area contributed by atoms with Crippen LogP contribution in [0, 0.1) is 0 Å². The number of hydrogen-bond donors (Lipinski definition) is 1. The van der Waals surface area contributed by atoms with Crippen LogP contribution in [0.2, 0.25) is 0 Å². The van der Waals surface area contributed by atoms with E-state index in [-0.39, 0.29) is 30.1 Å². The fourth-order valence-electron chi connectivity index (χ4n) is 3.20. The van der Waals surface area contributed by atoms with Crippen LogP contribution in [0.1, 0.15) is 30.9 Å². The molecule has 0 spiro atoms. The summed E-state index contributed by atoms with van der Waals surface area (Å²) in [5.74, 6) is 0.945. The van der Waals surface area contributed by atoms with E-state index in [1.165, 1.54) is 12.8 Å². The Labute approximate surface area is 160 Å². The van der Waals surface area contributed by atoms with Crippen LogP contribution in [0.3, 0.4) is 0 Å². The second kappa shape index (κ2) is 9.57. The van der Waals surface area contributed by atoms with Gasteiger partial charge in [0.1, 0.15) is 6.10 Å². The van der Waals surface area contributed by atoms with Crippen molar-refractivity contribution in [3.05, 3.63) is 18.0 Å². The lowest BCUT2D eigenvalue weighted by atomic mass is 10.1. The summed E-state index contributed by atoms with van der Waals surface area (Å²) in [6.07, 6.45) is 7.76. The maximum atomic E-state index is 5.89. The third kappa shape index (κ3) is 5.06. The van der Waals surface area contributed by atoms with Crippen molar-refractivity contribution < 1.29 is 9.47 Å². The number of nitrogens with one attached hydrogen (secondary N) is 1. The Morgan fingerprint density at radius 2 is 2.29 bits per heavy atom. The predicted molar refractivity (Wildman–Crippen MR) is 104 cm³/mol. The topological polar surface area (TPSA) is 63.9 Å². The number of nitrogens with zero attached hydrogens (tertiary/aromatic N) is 4. The first-order valence-electron chi connectivity index (χ1n) is 8.43. The van der Waals surface area contributed by atoms with Gasteiger partial charge in [0, 0.05) is 45.6 Å². The number of halogens is 1.